The summed E-state index contributed by atoms with van der Waals surface area (Å²) in [6.07, 6.45) is 29.6. The lowest BCUT2D eigenvalue weighted by Gasteiger charge is -2.52. The zero-order valence-electron chi connectivity index (χ0n) is 58.5. The van der Waals surface area contributed by atoms with E-state index >= 15 is 0 Å². The molecule has 14 aliphatic heterocycles. The van der Waals surface area contributed by atoms with Gasteiger partial charge in [0.15, 0.2) is 0 Å². The zero-order chi connectivity index (χ0) is 75.4. The molecule has 0 aromatic carbocycles. The summed E-state index contributed by atoms with van der Waals surface area (Å²) in [5.74, 6) is 7.97. The van der Waals surface area contributed by atoms with Crippen LogP contribution in [0.15, 0.2) is 71.4 Å². The first-order valence-electron chi connectivity index (χ1n) is 32.2. The minimum Gasteiger partial charge on any atom is -0.379 e. The Morgan fingerprint density at radius 1 is 0.396 bits per heavy atom. The Hall–Kier alpha value is -0.765. The van der Waals surface area contributed by atoms with Gasteiger partial charge in [-0.3, -0.25) is 0 Å². The minimum atomic E-state index is -3.24. The lowest BCUT2D eigenvalue weighted by atomic mass is 9.78. The molecule has 14 heterocycles. The smallest absolute Gasteiger partial charge is 0.139 e. The normalized spacial score (nSPS) is 42.4. The molecule has 24 atom stereocenters. The summed E-state index contributed by atoms with van der Waals surface area (Å²) in [4.78, 5) is 112. The molecule has 0 aromatic rings. The van der Waals surface area contributed by atoms with Crippen molar-refractivity contribution < 1.29 is 144 Å². The van der Waals surface area contributed by atoms with E-state index in [4.69, 9.17) is 109 Å². The first-order chi connectivity index (χ1) is 46.7. The van der Waals surface area contributed by atoms with Crippen LogP contribution in [-0.4, -0.2) is 346 Å². The average Bonchev–Trinajstić information content (AvgIpc) is 1.52. The molecular weight excluding hydrogens is 1440 g/mol. The number of fused-ring (bicyclic) bond motifs is 14. The van der Waals surface area contributed by atoms with Crippen molar-refractivity contribution in [2.45, 2.75) is 184 Å². The van der Waals surface area contributed by atoms with Crippen LogP contribution in [0.2, 0.25) is 0 Å². The fraction of sp³-hybridized carbons (Fsp3) is 0.710. The Labute approximate surface area is 596 Å². The molecule has 570 valence electrons. The number of methoxy groups -OCH3 is 6. The second kappa shape index (κ2) is 34.7. The Balaban J connectivity index is 0.000000170. The number of rotatable bonds is 18. The van der Waals surface area contributed by atoms with Crippen LogP contribution in [0.5, 0.6) is 0 Å². The molecule has 101 heavy (non-hydrogen) atoms. The van der Waals surface area contributed by atoms with E-state index in [1.54, 1.807) is 79.1 Å². The molecule has 14 saturated heterocycles. The maximum Gasteiger partial charge on any atom is 0.139 e. The maximum absolute atomic E-state index is 9.34. The molecule has 12 unspecified atom stereocenters. The Morgan fingerprint density at radius 2 is 0.812 bits per heavy atom. The van der Waals surface area contributed by atoms with Crippen LogP contribution in [0.25, 0.3) is 0 Å². The van der Waals surface area contributed by atoms with Gasteiger partial charge in [0.1, 0.15) is 144 Å². The predicted molar refractivity (Wildman–Crippen MR) is 392 cm³/mol. The lowest BCUT2D eigenvalue weighted by Crippen LogP contribution is -2.64. The highest BCUT2D eigenvalue weighted by Gasteiger charge is 2.61. The molecule has 0 saturated carbocycles. The molecular formula is C62H103B3O30P6. The van der Waals surface area contributed by atoms with Gasteiger partial charge in [-0.05, 0) is 129 Å². The van der Waals surface area contributed by atoms with Gasteiger partial charge < -0.3 is 144 Å². The van der Waals surface area contributed by atoms with E-state index in [1.165, 1.54) is 34.9 Å². The summed E-state index contributed by atoms with van der Waals surface area (Å²) in [7, 11) is 7.70. The van der Waals surface area contributed by atoms with Crippen LogP contribution in [0, 0.1) is 5.92 Å². The van der Waals surface area contributed by atoms with Crippen molar-refractivity contribution in [2.24, 2.45) is 5.92 Å². The van der Waals surface area contributed by atoms with E-state index in [-0.39, 0.29) is 91.4 Å². The van der Waals surface area contributed by atoms with E-state index < -0.39 is 95.7 Å². The predicted octanol–water partition coefficient (Wildman–Crippen LogP) is 1.14. The molecule has 39 heteroatoms. The van der Waals surface area contributed by atoms with Crippen molar-refractivity contribution >= 4 is 105 Å². The third-order valence-electron chi connectivity index (χ3n) is 18.8. The molecule has 12 N–H and O–H groups in total. The van der Waals surface area contributed by atoms with Gasteiger partial charge >= 0.3 is 0 Å². The van der Waals surface area contributed by atoms with Crippen LogP contribution >= 0.6 is 44.0 Å². The third kappa shape index (κ3) is 22.5. The van der Waals surface area contributed by atoms with Crippen LogP contribution < -0.4 is 0 Å². The Bertz CT molecular complexity index is 3170. The molecule has 0 spiro atoms. The van der Waals surface area contributed by atoms with Crippen molar-refractivity contribution in [1.29, 1.82) is 0 Å². The van der Waals surface area contributed by atoms with Gasteiger partial charge in [-0.1, -0.05) is 6.92 Å². The molecule has 6 radical (unpaired) electrons. The van der Waals surface area contributed by atoms with Gasteiger partial charge in [0.2, 0.25) is 0 Å². The quantitative estimate of drug-likeness (QED) is 0.0676. The van der Waals surface area contributed by atoms with Gasteiger partial charge in [-0.2, -0.15) is 0 Å². The van der Waals surface area contributed by atoms with E-state index in [2.05, 4.69) is 37.8 Å². The van der Waals surface area contributed by atoms with Crippen molar-refractivity contribution in [2.75, 3.05) is 88.9 Å². The average molecular weight is 1550 g/mol. The third-order valence-corrected chi connectivity index (χ3v) is 22.6. The molecule has 14 fully saturated rings. The van der Waals surface area contributed by atoms with E-state index in [0.717, 1.165) is 0 Å². The highest BCUT2D eigenvalue weighted by atomic mass is 31.2. The monoisotopic (exact) mass is 1550 g/mol. The summed E-state index contributed by atoms with van der Waals surface area (Å²) in [6, 6.07) is -1.52. The fourth-order valence-electron chi connectivity index (χ4n) is 14.1. The van der Waals surface area contributed by atoms with Gasteiger partial charge in [0.05, 0.1) is 89.0 Å². The van der Waals surface area contributed by atoms with Gasteiger partial charge in [-0.25, -0.2) is 0 Å². The molecule has 14 rings (SSSR count). The van der Waals surface area contributed by atoms with Gasteiger partial charge in [0.25, 0.3) is 0 Å². The van der Waals surface area contributed by atoms with E-state index in [0.29, 0.717) is 71.9 Å². The molecule has 14 aliphatic rings. The van der Waals surface area contributed by atoms with Crippen LogP contribution in [0.3, 0.4) is 0 Å². The minimum absolute atomic E-state index is 0.00617. The van der Waals surface area contributed by atoms with Crippen molar-refractivity contribution in [3.63, 3.8) is 0 Å². The van der Waals surface area contributed by atoms with Crippen molar-refractivity contribution in [3.05, 3.63) is 71.4 Å². The molecule has 30 nitrogen and oxygen atoms in total. The molecule has 0 amide bonds. The summed E-state index contributed by atoms with van der Waals surface area (Å²) in [6.45, 7) is 8.72. The van der Waals surface area contributed by atoms with E-state index in [9.17, 15) is 58.7 Å². The first kappa shape index (κ1) is 87.5. The number of hydrogen-bond acceptors (Lipinski definition) is 30. The lowest BCUT2D eigenvalue weighted by molar-refractivity contribution is -0.273. The standard InChI is InChI=1S/2C11H19O5P.3C10H16BO5P.C10H17O5P/c1-8-9-10(14-2)11(16-8,4-6-15-9)5-7-17(3,12)13;1-8-6-16-11(4-5-17(3,12)13)7-15-9(8)10(11)14-2;1-14-7-5-10(3-4-17(2,12)13)6-15-8(7)9(11)16-10;1-14-9-7-5-8(11)16-10(9,6-15-7)3-4-17(2,12)13;1-14-8-5-7-9(11)16-10(8,6-15-7)3-4-17(2,12)13;1-7-8-9(13-2)10(15-7,6-14-8)4-5-16(3,11)12/h5,7-10,12-13H,3-4,6H2,1-2H3;4-5,8-10,12-13H,3,6-7H2,1-2H3;3*3-4,7-9,12-13H,2,5-6H2,1H3;4-5,7-9,11-12H,3,6H2,1-2H3/b7-5+;5-4+;3*4-3+;5-4+/t8-,9?,10+,11+;;7-,8-,9?,10-;;7-,8+,9?,10+;7-,8?,9+,10-/m0.1.10/s1. The second-order valence-corrected chi connectivity index (χ2v) is 38.3. The van der Waals surface area contributed by atoms with Crippen LogP contribution in [-0.2, 0) is 85.3 Å². The summed E-state index contributed by atoms with van der Waals surface area (Å²) in [5.41, 5.74) is -4.47. The number of ether oxygens (including phenoxy) is 18. The zero-order valence-corrected chi connectivity index (χ0v) is 63.8. The topological polar surface area (TPSA) is 409 Å². The summed E-state index contributed by atoms with van der Waals surface area (Å²) >= 11 is 0. The highest BCUT2D eigenvalue weighted by Crippen LogP contribution is 2.50. The van der Waals surface area contributed by atoms with Gasteiger partial charge in [-0.15, -0.1) is 0 Å². The summed E-state index contributed by atoms with van der Waals surface area (Å²) in [5, 5.41) is 0. The van der Waals surface area contributed by atoms with Crippen LogP contribution in [0.1, 0.15) is 46.5 Å². The first-order valence-corrected chi connectivity index (χ1v) is 43.9. The molecule has 0 aliphatic carbocycles. The molecule has 12 bridgehead atoms. The van der Waals surface area contributed by atoms with Crippen molar-refractivity contribution in [3.8, 4) is 0 Å². The highest BCUT2D eigenvalue weighted by molar-refractivity contribution is 7.67. The van der Waals surface area contributed by atoms with E-state index in [1.807, 2.05) is 20.8 Å². The van der Waals surface area contributed by atoms with Gasteiger partial charge in [0, 0.05) is 85.8 Å². The molecule has 0 aromatic heterocycles. The Morgan fingerprint density at radius 3 is 1.32 bits per heavy atom. The maximum atomic E-state index is 9.34. The fourth-order valence-corrected chi connectivity index (χ4v) is 17.1. The Kier molecular flexibility index (Phi) is 30.0. The SMILES string of the molecule is C=P(O)(O)/C=C/C12COC(C(C)CO1)C2OC.C=P(O)(O)/C=C/[C@@]12CCOC([C@H](C)O1)[C@H]2OC.C=P(O)(O)/C=C/[C@@]12COC([C@H](C)O1)[C@H]2OC.[B]C1CC2OCC(/C=C/P(=C)(O)O)(O1)C2OC.[B]C1O[C@@]2(/C=C/P(=C)(O)O)CO[C@@H]1C[C@@H]2OC.[B]C1O[C@@]2(/C=C/P(=C)(O)O)CO[C@@H]1[C@H](OC)C2. The summed E-state index contributed by atoms with van der Waals surface area (Å²) < 4.78 is 100. The second-order valence-electron chi connectivity index (χ2n) is 27.1. The largest absolute Gasteiger partial charge is 0.379 e. The van der Waals surface area contributed by atoms with Crippen LogP contribution in [0.4, 0.5) is 0 Å². The number of hydrogen-bond donors (Lipinski definition) is 12. The van der Waals surface area contributed by atoms with Crippen molar-refractivity contribution in [1.82, 2.24) is 0 Å².